The second-order valence-electron chi connectivity index (χ2n) is 7.37. The zero-order valence-electron chi connectivity index (χ0n) is 14.5. The lowest BCUT2D eigenvalue weighted by Crippen LogP contribution is -2.38. The minimum Gasteiger partial charge on any atom is -0.454 e. The van der Waals surface area contributed by atoms with E-state index in [1.54, 1.807) is 24.3 Å². The van der Waals surface area contributed by atoms with Gasteiger partial charge in [-0.05, 0) is 49.3 Å². The molecule has 1 aromatic carbocycles. The highest BCUT2D eigenvalue weighted by atomic mass is 35.5. The van der Waals surface area contributed by atoms with Gasteiger partial charge < -0.3 is 10.1 Å². The summed E-state index contributed by atoms with van der Waals surface area (Å²) in [7, 11) is 0. The van der Waals surface area contributed by atoms with Gasteiger partial charge in [0.15, 0.2) is 6.61 Å². The van der Waals surface area contributed by atoms with Crippen molar-refractivity contribution >= 4 is 41.0 Å². The summed E-state index contributed by atoms with van der Waals surface area (Å²) in [4.78, 5) is 50.0. The fourth-order valence-corrected chi connectivity index (χ4v) is 4.90. The zero-order chi connectivity index (χ0) is 19.1. The van der Waals surface area contributed by atoms with E-state index in [0.29, 0.717) is 10.7 Å². The van der Waals surface area contributed by atoms with Crippen LogP contribution in [0, 0.1) is 23.7 Å². The molecule has 2 saturated carbocycles. The third-order valence-corrected chi connectivity index (χ3v) is 6.01. The smallest absolute Gasteiger partial charge is 0.326 e. The molecule has 1 heterocycles. The van der Waals surface area contributed by atoms with Crippen LogP contribution in [-0.4, -0.2) is 41.7 Å². The summed E-state index contributed by atoms with van der Waals surface area (Å²) in [5, 5.41) is 3.02. The first-order valence-corrected chi connectivity index (χ1v) is 9.38. The molecule has 3 fully saturated rings. The first-order chi connectivity index (χ1) is 12.9. The summed E-state index contributed by atoms with van der Waals surface area (Å²) >= 11 is 5.84. The molecule has 7 nitrogen and oxygen atoms in total. The van der Waals surface area contributed by atoms with Crippen molar-refractivity contribution in [1.29, 1.82) is 0 Å². The van der Waals surface area contributed by atoms with Gasteiger partial charge in [-0.3, -0.25) is 24.1 Å². The van der Waals surface area contributed by atoms with Crippen molar-refractivity contribution in [3.8, 4) is 0 Å². The summed E-state index contributed by atoms with van der Waals surface area (Å²) in [5.41, 5.74) is 0.483. The first kappa shape index (κ1) is 18.0. The molecule has 2 aliphatic carbocycles. The number of fused-ring (bicyclic) bond motifs is 5. The quantitative estimate of drug-likeness (QED) is 0.611. The van der Waals surface area contributed by atoms with Crippen molar-refractivity contribution < 1.29 is 23.9 Å². The van der Waals surface area contributed by atoms with Crippen LogP contribution < -0.4 is 5.32 Å². The minimum atomic E-state index is -0.773. The number of imide groups is 1. The van der Waals surface area contributed by atoms with Crippen LogP contribution in [0.25, 0.3) is 0 Å². The van der Waals surface area contributed by atoms with Crippen molar-refractivity contribution in [2.75, 3.05) is 18.5 Å². The van der Waals surface area contributed by atoms with Gasteiger partial charge in [0.25, 0.3) is 5.91 Å². The normalized spacial score (nSPS) is 28.4. The Balaban J connectivity index is 1.29. The molecule has 2 bridgehead atoms. The van der Waals surface area contributed by atoms with E-state index in [1.165, 1.54) is 0 Å². The number of benzene rings is 1. The lowest BCUT2D eigenvalue weighted by molar-refractivity contribution is -0.154. The fraction of sp³-hybridized carbons (Fsp3) is 0.474. The van der Waals surface area contributed by atoms with E-state index in [0.717, 1.165) is 24.2 Å². The zero-order valence-corrected chi connectivity index (χ0v) is 15.3. The van der Waals surface area contributed by atoms with Gasteiger partial charge in [-0.25, -0.2) is 0 Å². The van der Waals surface area contributed by atoms with E-state index >= 15 is 0 Å². The van der Waals surface area contributed by atoms with Gasteiger partial charge in [0.2, 0.25) is 11.8 Å². The third-order valence-electron chi connectivity index (χ3n) is 5.78. The van der Waals surface area contributed by atoms with Crippen LogP contribution in [0.3, 0.4) is 0 Å². The first-order valence-electron chi connectivity index (χ1n) is 9.00. The number of anilines is 1. The van der Waals surface area contributed by atoms with Crippen molar-refractivity contribution in [3.05, 3.63) is 29.3 Å². The molecule has 0 radical (unpaired) electrons. The van der Waals surface area contributed by atoms with Gasteiger partial charge in [-0.15, -0.1) is 0 Å². The number of rotatable bonds is 5. The molecular formula is C19H19ClN2O5. The van der Waals surface area contributed by atoms with E-state index in [1.807, 2.05) is 0 Å². The van der Waals surface area contributed by atoms with E-state index in [-0.39, 0.29) is 35.5 Å². The number of carbonyl (C=O) groups excluding carboxylic acids is 4. The number of hydrogen-bond donors (Lipinski definition) is 1. The molecule has 142 valence electrons. The highest BCUT2D eigenvalue weighted by Gasteiger charge is 2.61. The van der Waals surface area contributed by atoms with Gasteiger partial charge in [0, 0.05) is 10.7 Å². The Labute approximate surface area is 161 Å². The topological polar surface area (TPSA) is 92.8 Å². The van der Waals surface area contributed by atoms with E-state index in [4.69, 9.17) is 16.3 Å². The van der Waals surface area contributed by atoms with Crippen LogP contribution in [0.1, 0.15) is 19.3 Å². The second kappa shape index (κ2) is 6.96. The standard InChI is InChI=1S/C19H19ClN2O5/c20-12-2-1-3-13(7-12)21-14(23)9-27-15(24)8-22-18(25)16-10-4-5-11(6-10)17(16)19(22)26/h1-3,7,10-11,16-17H,4-6,8-9H2,(H,21,23)/t10-,11-,16+,17+/m1/s1. The molecule has 8 heteroatoms. The number of ether oxygens (including phenoxy) is 1. The lowest BCUT2D eigenvalue weighted by Gasteiger charge is -2.19. The highest BCUT2D eigenvalue weighted by molar-refractivity contribution is 6.30. The molecule has 0 aromatic heterocycles. The van der Waals surface area contributed by atoms with Crippen molar-refractivity contribution in [1.82, 2.24) is 4.90 Å². The Bertz CT molecular complexity index is 798. The molecule has 4 atom stereocenters. The number of nitrogens with one attached hydrogen (secondary N) is 1. The number of amides is 3. The summed E-state index contributed by atoms with van der Waals surface area (Å²) in [6.45, 7) is -0.936. The summed E-state index contributed by atoms with van der Waals surface area (Å²) < 4.78 is 4.93. The van der Waals surface area contributed by atoms with Crippen LogP contribution in [0.2, 0.25) is 5.02 Å². The molecule has 1 N–H and O–H groups in total. The van der Waals surface area contributed by atoms with Crippen molar-refractivity contribution in [2.24, 2.45) is 23.7 Å². The van der Waals surface area contributed by atoms with Gasteiger partial charge in [0.1, 0.15) is 6.54 Å². The lowest BCUT2D eigenvalue weighted by atomic mass is 9.81. The molecule has 0 spiro atoms. The number of halogens is 1. The van der Waals surface area contributed by atoms with E-state index in [2.05, 4.69) is 5.32 Å². The summed E-state index contributed by atoms with van der Waals surface area (Å²) in [6.07, 6.45) is 2.90. The van der Waals surface area contributed by atoms with Gasteiger partial charge >= 0.3 is 5.97 Å². The Morgan fingerprint density at radius 1 is 1.15 bits per heavy atom. The maximum Gasteiger partial charge on any atom is 0.326 e. The summed E-state index contributed by atoms with van der Waals surface area (Å²) in [6, 6.07) is 6.57. The predicted octanol–water partition coefficient (Wildman–Crippen LogP) is 1.85. The maximum absolute atomic E-state index is 12.5. The Morgan fingerprint density at radius 2 is 1.81 bits per heavy atom. The number of likely N-dealkylation sites (tertiary alicyclic amines) is 1. The van der Waals surface area contributed by atoms with Crippen molar-refractivity contribution in [2.45, 2.75) is 19.3 Å². The molecule has 0 unspecified atom stereocenters. The molecule has 1 saturated heterocycles. The van der Waals surface area contributed by atoms with E-state index < -0.39 is 25.0 Å². The van der Waals surface area contributed by atoms with Crippen LogP contribution >= 0.6 is 11.6 Å². The molecular weight excluding hydrogens is 372 g/mol. The van der Waals surface area contributed by atoms with Crippen LogP contribution in [0.15, 0.2) is 24.3 Å². The Kier molecular flexibility index (Phi) is 4.63. The molecule has 3 aliphatic rings. The number of carbonyl (C=O) groups is 4. The molecule has 1 aromatic rings. The molecule has 1 aliphatic heterocycles. The molecule has 3 amide bonds. The van der Waals surface area contributed by atoms with Crippen molar-refractivity contribution in [3.63, 3.8) is 0 Å². The average Bonchev–Trinajstić information content (AvgIpc) is 3.30. The SMILES string of the molecule is O=C(COC(=O)CN1C(=O)[C@H]2[C@@H]3CC[C@H](C3)[C@@H]2C1=O)Nc1cccc(Cl)c1. The predicted molar refractivity (Wildman–Crippen MR) is 95.6 cm³/mol. The number of esters is 1. The van der Waals surface area contributed by atoms with Gasteiger partial charge in [-0.1, -0.05) is 17.7 Å². The number of nitrogens with zero attached hydrogens (tertiary/aromatic N) is 1. The molecule has 4 rings (SSSR count). The fourth-order valence-electron chi connectivity index (χ4n) is 4.71. The number of hydrogen-bond acceptors (Lipinski definition) is 5. The van der Waals surface area contributed by atoms with Crippen LogP contribution in [0.4, 0.5) is 5.69 Å². The van der Waals surface area contributed by atoms with Crippen LogP contribution in [0.5, 0.6) is 0 Å². The van der Waals surface area contributed by atoms with Gasteiger partial charge in [0.05, 0.1) is 11.8 Å². The Morgan fingerprint density at radius 3 is 2.44 bits per heavy atom. The average molecular weight is 391 g/mol. The Hall–Kier alpha value is -2.41. The minimum absolute atomic E-state index is 0.265. The monoisotopic (exact) mass is 390 g/mol. The summed E-state index contributed by atoms with van der Waals surface area (Å²) in [5.74, 6) is -1.84. The van der Waals surface area contributed by atoms with E-state index in [9.17, 15) is 19.2 Å². The highest BCUT2D eigenvalue weighted by Crippen LogP contribution is 2.56. The van der Waals surface area contributed by atoms with Crippen LogP contribution in [-0.2, 0) is 23.9 Å². The molecule has 27 heavy (non-hydrogen) atoms. The third kappa shape index (κ3) is 3.32. The maximum atomic E-state index is 12.5. The largest absolute Gasteiger partial charge is 0.454 e. The van der Waals surface area contributed by atoms with Gasteiger partial charge in [-0.2, -0.15) is 0 Å². The second-order valence-corrected chi connectivity index (χ2v) is 7.80.